The Labute approximate surface area is 119 Å². The van der Waals surface area contributed by atoms with Crippen LogP contribution in [0.5, 0.6) is 0 Å². The second kappa shape index (κ2) is 5.72. The van der Waals surface area contributed by atoms with E-state index in [1.807, 2.05) is 20.8 Å². The molecule has 5 nitrogen and oxygen atoms in total. The van der Waals surface area contributed by atoms with E-state index >= 15 is 0 Å². The van der Waals surface area contributed by atoms with Crippen LogP contribution in [0.1, 0.15) is 26.7 Å². The molecule has 1 aromatic heterocycles. The zero-order valence-corrected chi connectivity index (χ0v) is 11.8. The second-order valence-electron chi connectivity index (χ2n) is 5.47. The van der Waals surface area contributed by atoms with Gasteiger partial charge in [-0.2, -0.15) is 0 Å². The van der Waals surface area contributed by atoms with Gasteiger partial charge < -0.3 is 15.1 Å². The first-order valence-corrected chi connectivity index (χ1v) is 6.23. The highest BCUT2D eigenvalue weighted by Gasteiger charge is 2.16. The molecular weight excluding hydrogens is 285 g/mol. The molecule has 0 spiro atoms. The number of anilines is 2. The number of halogens is 3. The van der Waals surface area contributed by atoms with E-state index in [1.165, 1.54) is 0 Å². The molecule has 0 aliphatic heterocycles. The average Bonchev–Trinajstić information content (AvgIpc) is 2.78. The number of hydrogen-bond acceptors (Lipinski definition) is 5. The summed E-state index contributed by atoms with van der Waals surface area (Å²) in [5.41, 5.74) is -0.688. The Kier molecular flexibility index (Phi) is 4.17. The first-order valence-electron chi connectivity index (χ1n) is 6.23. The van der Waals surface area contributed by atoms with Crippen LogP contribution < -0.4 is 10.6 Å². The van der Waals surface area contributed by atoms with Gasteiger partial charge >= 0.3 is 6.01 Å². The van der Waals surface area contributed by atoms with Crippen molar-refractivity contribution in [2.75, 3.05) is 5.32 Å². The molecule has 0 fully saturated rings. The fourth-order valence-corrected chi connectivity index (χ4v) is 1.48. The van der Waals surface area contributed by atoms with E-state index in [-0.39, 0.29) is 17.4 Å². The summed E-state index contributed by atoms with van der Waals surface area (Å²) < 4.78 is 44.9. The minimum Gasteiger partial charge on any atom is -0.406 e. The van der Waals surface area contributed by atoms with E-state index in [2.05, 4.69) is 20.8 Å². The number of aromatic nitrogens is 2. The van der Waals surface area contributed by atoms with Crippen molar-refractivity contribution >= 4 is 11.7 Å². The molecule has 0 unspecified atom stereocenters. The Balaban J connectivity index is 2.10. The summed E-state index contributed by atoms with van der Waals surface area (Å²) in [7, 11) is 0. The summed E-state index contributed by atoms with van der Waals surface area (Å²) in [4.78, 5) is 0. The number of nitrogens with one attached hydrogen (secondary N) is 2. The quantitative estimate of drug-likeness (QED) is 0.908. The number of nitrogens with zero attached hydrogens (tertiary/aromatic N) is 2. The first kappa shape index (κ1) is 15.3. The van der Waals surface area contributed by atoms with Gasteiger partial charge in [0.05, 0.1) is 6.54 Å². The average molecular weight is 300 g/mol. The van der Waals surface area contributed by atoms with Crippen molar-refractivity contribution in [1.29, 1.82) is 0 Å². The third kappa shape index (κ3) is 4.19. The van der Waals surface area contributed by atoms with Crippen molar-refractivity contribution in [2.24, 2.45) is 0 Å². The molecule has 0 atom stereocenters. The second-order valence-corrected chi connectivity index (χ2v) is 5.47. The summed E-state index contributed by atoms with van der Waals surface area (Å²) >= 11 is 0. The van der Waals surface area contributed by atoms with Crippen LogP contribution >= 0.6 is 0 Å². The van der Waals surface area contributed by atoms with Crippen molar-refractivity contribution in [1.82, 2.24) is 15.5 Å². The molecule has 0 saturated heterocycles. The topological polar surface area (TPSA) is 63.0 Å². The Morgan fingerprint density at radius 1 is 1.10 bits per heavy atom. The lowest BCUT2D eigenvalue weighted by Gasteiger charge is -2.18. The van der Waals surface area contributed by atoms with Crippen molar-refractivity contribution in [3.63, 3.8) is 0 Å². The highest BCUT2D eigenvalue weighted by atomic mass is 19.1. The van der Waals surface area contributed by atoms with Crippen LogP contribution in [-0.2, 0) is 6.54 Å². The molecule has 0 amide bonds. The standard InChI is InChI=1S/C13H15F3N4O/c1-13(2,3)17-6-10-19-20-12(21-10)18-11-8(15)4-7(14)5-9(11)16/h4-5,17H,6H2,1-3H3,(H,18,20). The summed E-state index contributed by atoms with van der Waals surface area (Å²) in [5, 5.41) is 12.8. The molecule has 2 rings (SSSR count). The van der Waals surface area contributed by atoms with Crippen molar-refractivity contribution in [2.45, 2.75) is 32.9 Å². The fourth-order valence-electron chi connectivity index (χ4n) is 1.48. The molecule has 2 aromatic rings. The molecule has 1 aromatic carbocycles. The molecule has 0 radical (unpaired) electrons. The maximum Gasteiger partial charge on any atom is 0.320 e. The molecule has 8 heteroatoms. The largest absolute Gasteiger partial charge is 0.406 e. The molecule has 0 aliphatic rings. The summed E-state index contributed by atoms with van der Waals surface area (Å²) in [6.07, 6.45) is 0. The smallest absolute Gasteiger partial charge is 0.320 e. The predicted molar refractivity (Wildman–Crippen MR) is 70.5 cm³/mol. The Morgan fingerprint density at radius 2 is 1.71 bits per heavy atom. The maximum atomic E-state index is 13.5. The molecule has 1 heterocycles. The van der Waals surface area contributed by atoms with Gasteiger partial charge in [-0.05, 0) is 20.8 Å². The molecule has 0 saturated carbocycles. The zero-order chi connectivity index (χ0) is 15.6. The van der Waals surface area contributed by atoms with Gasteiger partial charge in [-0.3, -0.25) is 0 Å². The van der Waals surface area contributed by atoms with Crippen molar-refractivity contribution in [3.8, 4) is 0 Å². The van der Waals surface area contributed by atoms with E-state index in [1.54, 1.807) is 0 Å². The minimum absolute atomic E-state index is 0.142. The van der Waals surface area contributed by atoms with Crippen LogP contribution in [0.15, 0.2) is 16.5 Å². The monoisotopic (exact) mass is 300 g/mol. The lowest BCUT2D eigenvalue weighted by molar-refractivity contribution is 0.384. The Bertz CT molecular complexity index is 614. The van der Waals surface area contributed by atoms with Gasteiger partial charge in [0.25, 0.3) is 0 Å². The van der Waals surface area contributed by atoms with Crippen molar-refractivity contribution < 1.29 is 17.6 Å². The highest BCUT2D eigenvalue weighted by Crippen LogP contribution is 2.23. The van der Waals surface area contributed by atoms with Gasteiger partial charge in [0.2, 0.25) is 5.89 Å². The van der Waals surface area contributed by atoms with Crippen LogP contribution in [0.4, 0.5) is 24.9 Å². The highest BCUT2D eigenvalue weighted by molar-refractivity contribution is 5.53. The van der Waals surface area contributed by atoms with E-state index in [0.29, 0.717) is 18.7 Å². The van der Waals surface area contributed by atoms with Gasteiger partial charge in [-0.25, -0.2) is 13.2 Å². The van der Waals surface area contributed by atoms with Gasteiger partial charge in [0, 0.05) is 17.7 Å². The van der Waals surface area contributed by atoms with Gasteiger partial charge in [0.1, 0.15) is 11.5 Å². The SMILES string of the molecule is CC(C)(C)NCc1nnc(Nc2c(F)cc(F)cc2F)o1. The van der Waals surface area contributed by atoms with Gasteiger partial charge in [-0.1, -0.05) is 5.10 Å². The van der Waals surface area contributed by atoms with Crippen LogP contribution in [0.3, 0.4) is 0 Å². The van der Waals surface area contributed by atoms with Crippen LogP contribution in [0.2, 0.25) is 0 Å². The normalized spacial score (nSPS) is 11.7. The van der Waals surface area contributed by atoms with E-state index in [9.17, 15) is 13.2 Å². The summed E-state index contributed by atoms with van der Waals surface area (Å²) in [6, 6.07) is 0.943. The molecular formula is C13H15F3N4O. The van der Waals surface area contributed by atoms with Crippen LogP contribution in [0, 0.1) is 17.5 Å². The fraction of sp³-hybridized carbons (Fsp3) is 0.385. The lowest BCUT2D eigenvalue weighted by atomic mass is 10.1. The van der Waals surface area contributed by atoms with Gasteiger partial charge in [-0.15, -0.1) is 5.10 Å². The molecule has 0 aliphatic carbocycles. The Morgan fingerprint density at radius 3 is 2.29 bits per heavy atom. The zero-order valence-electron chi connectivity index (χ0n) is 11.8. The molecule has 114 valence electrons. The first-order chi connectivity index (χ1) is 9.74. The predicted octanol–water partition coefficient (Wildman–Crippen LogP) is 3.12. The summed E-state index contributed by atoms with van der Waals surface area (Å²) in [6.45, 7) is 6.20. The summed E-state index contributed by atoms with van der Waals surface area (Å²) in [5.74, 6) is -2.91. The minimum atomic E-state index is -1.08. The Hall–Kier alpha value is -2.09. The van der Waals surface area contributed by atoms with Crippen LogP contribution in [-0.4, -0.2) is 15.7 Å². The molecule has 21 heavy (non-hydrogen) atoms. The van der Waals surface area contributed by atoms with Crippen LogP contribution in [0.25, 0.3) is 0 Å². The number of hydrogen-bond donors (Lipinski definition) is 2. The number of rotatable bonds is 4. The van der Waals surface area contributed by atoms with E-state index in [4.69, 9.17) is 4.42 Å². The number of benzene rings is 1. The van der Waals surface area contributed by atoms with E-state index in [0.717, 1.165) is 0 Å². The third-order valence-electron chi connectivity index (χ3n) is 2.48. The molecule has 2 N–H and O–H groups in total. The third-order valence-corrected chi connectivity index (χ3v) is 2.48. The molecule has 0 bridgehead atoms. The van der Waals surface area contributed by atoms with E-state index < -0.39 is 23.1 Å². The lowest BCUT2D eigenvalue weighted by Crippen LogP contribution is -2.35. The van der Waals surface area contributed by atoms with Gasteiger partial charge in [0.15, 0.2) is 11.6 Å². The van der Waals surface area contributed by atoms with Crippen molar-refractivity contribution in [3.05, 3.63) is 35.5 Å². The maximum absolute atomic E-state index is 13.5.